The minimum absolute atomic E-state index is 0.0409. The SMILES string of the molecule is CC(=O)N1CCc2ccc(CCC(=O)O)cc21. The average molecular weight is 233 g/mol. The molecule has 0 fully saturated rings. The van der Waals surface area contributed by atoms with Gasteiger partial charge in [-0.1, -0.05) is 12.1 Å². The third kappa shape index (κ3) is 2.46. The highest BCUT2D eigenvalue weighted by molar-refractivity contribution is 5.93. The van der Waals surface area contributed by atoms with Crippen molar-refractivity contribution in [3.05, 3.63) is 29.3 Å². The van der Waals surface area contributed by atoms with Crippen LogP contribution in [0.4, 0.5) is 5.69 Å². The molecule has 0 radical (unpaired) electrons. The largest absolute Gasteiger partial charge is 0.481 e. The van der Waals surface area contributed by atoms with Crippen LogP contribution < -0.4 is 4.90 Å². The first kappa shape index (κ1) is 11.6. The first-order chi connectivity index (χ1) is 8.08. The summed E-state index contributed by atoms with van der Waals surface area (Å²) in [6.07, 6.45) is 1.52. The zero-order chi connectivity index (χ0) is 12.4. The van der Waals surface area contributed by atoms with Crippen LogP contribution >= 0.6 is 0 Å². The van der Waals surface area contributed by atoms with Crippen LogP contribution in [-0.4, -0.2) is 23.5 Å². The van der Waals surface area contributed by atoms with E-state index in [1.807, 2.05) is 18.2 Å². The first-order valence-corrected chi connectivity index (χ1v) is 5.69. The van der Waals surface area contributed by atoms with Crippen molar-refractivity contribution < 1.29 is 14.7 Å². The lowest BCUT2D eigenvalue weighted by atomic mass is 10.1. The van der Waals surface area contributed by atoms with Crippen molar-refractivity contribution in [2.45, 2.75) is 26.2 Å². The standard InChI is InChI=1S/C13H15NO3/c1-9(15)14-7-6-11-4-2-10(8-12(11)14)3-5-13(16)17/h2,4,8H,3,5-7H2,1H3,(H,16,17). The Morgan fingerprint density at radius 1 is 1.41 bits per heavy atom. The van der Waals surface area contributed by atoms with Gasteiger partial charge in [-0.15, -0.1) is 0 Å². The number of anilines is 1. The Morgan fingerprint density at radius 3 is 2.82 bits per heavy atom. The number of hydrogen-bond donors (Lipinski definition) is 1. The van der Waals surface area contributed by atoms with Crippen molar-refractivity contribution in [2.75, 3.05) is 11.4 Å². The molecular weight excluding hydrogens is 218 g/mol. The zero-order valence-corrected chi connectivity index (χ0v) is 9.77. The van der Waals surface area contributed by atoms with E-state index in [0.717, 1.165) is 24.2 Å². The van der Waals surface area contributed by atoms with Crippen molar-refractivity contribution in [3.63, 3.8) is 0 Å². The van der Waals surface area contributed by atoms with Crippen LogP contribution in [0, 0.1) is 0 Å². The molecule has 4 heteroatoms. The van der Waals surface area contributed by atoms with Crippen molar-refractivity contribution in [3.8, 4) is 0 Å². The topological polar surface area (TPSA) is 57.6 Å². The Labute approximate surface area is 99.9 Å². The Morgan fingerprint density at radius 2 is 2.18 bits per heavy atom. The highest BCUT2D eigenvalue weighted by Crippen LogP contribution is 2.29. The number of amides is 1. The summed E-state index contributed by atoms with van der Waals surface area (Å²) in [6, 6.07) is 5.88. The van der Waals surface area contributed by atoms with E-state index in [4.69, 9.17) is 5.11 Å². The summed E-state index contributed by atoms with van der Waals surface area (Å²) in [5.74, 6) is -0.756. The molecule has 0 saturated carbocycles. The van der Waals surface area contributed by atoms with E-state index in [1.165, 1.54) is 5.56 Å². The highest BCUT2D eigenvalue weighted by atomic mass is 16.4. The summed E-state index contributed by atoms with van der Waals surface area (Å²) in [5.41, 5.74) is 3.08. The quantitative estimate of drug-likeness (QED) is 0.863. The molecule has 0 atom stereocenters. The predicted molar refractivity (Wildman–Crippen MR) is 64.1 cm³/mol. The molecule has 1 heterocycles. The zero-order valence-electron chi connectivity index (χ0n) is 9.77. The molecule has 4 nitrogen and oxygen atoms in total. The molecule has 2 rings (SSSR count). The minimum Gasteiger partial charge on any atom is -0.481 e. The summed E-state index contributed by atoms with van der Waals surface area (Å²) in [7, 11) is 0. The van der Waals surface area contributed by atoms with Gasteiger partial charge in [0.2, 0.25) is 5.91 Å². The van der Waals surface area contributed by atoms with Crippen molar-refractivity contribution in [1.29, 1.82) is 0 Å². The van der Waals surface area contributed by atoms with Gasteiger partial charge in [-0.25, -0.2) is 0 Å². The second kappa shape index (κ2) is 4.57. The maximum atomic E-state index is 11.4. The lowest BCUT2D eigenvalue weighted by Gasteiger charge is -2.15. The maximum absolute atomic E-state index is 11.4. The highest BCUT2D eigenvalue weighted by Gasteiger charge is 2.22. The molecule has 90 valence electrons. The van der Waals surface area contributed by atoms with E-state index in [2.05, 4.69) is 0 Å². The van der Waals surface area contributed by atoms with E-state index in [-0.39, 0.29) is 12.3 Å². The number of aliphatic carboxylic acids is 1. The van der Waals surface area contributed by atoms with Crippen molar-refractivity contribution in [1.82, 2.24) is 0 Å². The molecule has 1 N–H and O–H groups in total. The maximum Gasteiger partial charge on any atom is 0.303 e. The van der Waals surface area contributed by atoms with Gasteiger partial charge in [0.05, 0.1) is 0 Å². The second-order valence-corrected chi connectivity index (χ2v) is 4.28. The summed E-state index contributed by atoms with van der Waals surface area (Å²) >= 11 is 0. The molecule has 1 aromatic rings. The number of benzene rings is 1. The molecule has 0 spiro atoms. The van der Waals surface area contributed by atoms with Gasteiger partial charge >= 0.3 is 5.97 Å². The fourth-order valence-corrected chi connectivity index (χ4v) is 2.16. The lowest BCUT2D eigenvalue weighted by molar-refractivity contribution is -0.137. The third-order valence-electron chi connectivity index (χ3n) is 3.05. The number of aryl methyl sites for hydroxylation is 1. The van der Waals surface area contributed by atoms with Crippen LogP contribution in [0.2, 0.25) is 0 Å². The van der Waals surface area contributed by atoms with E-state index in [9.17, 15) is 9.59 Å². The molecule has 1 aliphatic heterocycles. The minimum atomic E-state index is -0.797. The number of carbonyl (C=O) groups is 2. The number of carbonyl (C=O) groups excluding carboxylic acids is 1. The third-order valence-corrected chi connectivity index (χ3v) is 3.05. The molecule has 0 bridgehead atoms. The monoisotopic (exact) mass is 233 g/mol. The molecule has 0 unspecified atom stereocenters. The fourth-order valence-electron chi connectivity index (χ4n) is 2.16. The number of rotatable bonds is 3. The Balaban J connectivity index is 2.20. The molecule has 0 saturated heterocycles. The second-order valence-electron chi connectivity index (χ2n) is 4.28. The number of carboxylic acid groups (broad SMARTS) is 1. The predicted octanol–water partition coefficient (Wildman–Crippen LogP) is 1.61. The van der Waals surface area contributed by atoms with Crippen LogP contribution in [0.3, 0.4) is 0 Å². The molecule has 1 amide bonds. The Hall–Kier alpha value is -1.84. The van der Waals surface area contributed by atoms with Crippen LogP contribution in [0.1, 0.15) is 24.5 Å². The van der Waals surface area contributed by atoms with Gasteiger partial charge < -0.3 is 10.0 Å². The first-order valence-electron chi connectivity index (χ1n) is 5.69. The number of carboxylic acids is 1. The van der Waals surface area contributed by atoms with Crippen LogP contribution in [0.15, 0.2) is 18.2 Å². The van der Waals surface area contributed by atoms with Gasteiger partial charge in [-0.05, 0) is 30.0 Å². The van der Waals surface area contributed by atoms with E-state index in [0.29, 0.717) is 6.42 Å². The number of fused-ring (bicyclic) bond motifs is 1. The van der Waals surface area contributed by atoms with Gasteiger partial charge in [0, 0.05) is 25.6 Å². The summed E-state index contributed by atoms with van der Waals surface area (Å²) in [5, 5.41) is 8.64. The van der Waals surface area contributed by atoms with Crippen molar-refractivity contribution >= 4 is 17.6 Å². The molecule has 1 aliphatic rings. The fraction of sp³-hybridized carbons (Fsp3) is 0.385. The Bertz CT molecular complexity index is 468. The van der Waals surface area contributed by atoms with Gasteiger partial charge in [0.1, 0.15) is 0 Å². The van der Waals surface area contributed by atoms with Crippen molar-refractivity contribution in [2.24, 2.45) is 0 Å². The normalized spacial score (nSPS) is 13.6. The molecule has 17 heavy (non-hydrogen) atoms. The molecule has 0 aliphatic carbocycles. The van der Waals surface area contributed by atoms with Crippen LogP contribution in [0.25, 0.3) is 0 Å². The summed E-state index contributed by atoms with van der Waals surface area (Å²) < 4.78 is 0. The van der Waals surface area contributed by atoms with Gasteiger partial charge in [-0.2, -0.15) is 0 Å². The van der Waals surface area contributed by atoms with Crippen LogP contribution in [-0.2, 0) is 22.4 Å². The van der Waals surface area contributed by atoms with Gasteiger partial charge in [0.15, 0.2) is 0 Å². The van der Waals surface area contributed by atoms with E-state index >= 15 is 0 Å². The Kier molecular flexibility index (Phi) is 3.13. The van der Waals surface area contributed by atoms with Gasteiger partial charge in [0.25, 0.3) is 0 Å². The van der Waals surface area contributed by atoms with E-state index < -0.39 is 5.97 Å². The summed E-state index contributed by atoms with van der Waals surface area (Å²) in [4.78, 5) is 23.7. The lowest BCUT2D eigenvalue weighted by Crippen LogP contribution is -2.25. The van der Waals surface area contributed by atoms with Crippen LogP contribution in [0.5, 0.6) is 0 Å². The average Bonchev–Trinajstić information content (AvgIpc) is 2.69. The molecule has 1 aromatic carbocycles. The summed E-state index contributed by atoms with van der Waals surface area (Å²) in [6.45, 7) is 2.28. The smallest absolute Gasteiger partial charge is 0.303 e. The van der Waals surface area contributed by atoms with E-state index in [1.54, 1.807) is 11.8 Å². The molecule has 0 aromatic heterocycles. The van der Waals surface area contributed by atoms with Gasteiger partial charge in [-0.3, -0.25) is 9.59 Å². The molecular formula is C13H15NO3. The number of hydrogen-bond acceptors (Lipinski definition) is 2. The number of nitrogens with zero attached hydrogens (tertiary/aromatic N) is 1.